The predicted octanol–water partition coefficient (Wildman–Crippen LogP) is 4.60. The SMILES string of the molecule is O=C(ONC(=Nc1ccccc1)c1cscn1)c1ccc(C(F)(F)F)cc1. The lowest BCUT2D eigenvalue weighted by molar-refractivity contribution is -0.137. The Balaban J connectivity index is 1.74. The van der Waals surface area contributed by atoms with Crippen molar-refractivity contribution >= 4 is 28.8 Å². The van der Waals surface area contributed by atoms with Crippen molar-refractivity contribution in [1.29, 1.82) is 0 Å². The van der Waals surface area contributed by atoms with E-state index in [0.29, 0.717) is 11.4 Å². The third kappa shape index (κ3) is 4.91. The van der Waals surface area contributed by atoms with Crippen molar-refractivity contribution in [3.05, 3.63) is 82.3 Å². The van der Waals surface area contributed by atoms with E-state index in [-0.39, 0.29) is 11.4 Å². The van der Waals surface area contributed by atoms with E-state index in [0.717, 1.165) is 24.3 Å². The third-order valence-electron chi connectivity index (χ3n) is 3.36. The number of aromatic nitrogens is 1. The lowest BCUT2D eigenvalue weighted by Gasteiger charge is -2.09. The molecule has 5 nitrogen and oxygen atoms in total. The number of rotatable bonds is 3. The highest BCUT2D eigenvalue weighted by atomic mass is 32.1. The van der Waals surface area contributed by atoms with Crippen molar-refractivity contribution in [2.45, 2.75) is 6.18 Å². The second-order valence-corrected chi connectivity index (χ2v) is 5.96. The van der Waals surface area contributed by atoms with Crippen LogP contribution in [-0.2, 0) is 11.0 Å². The summed E-state index contributed by atoms with van der Waals surface area (Å²) in [4.78, 5) is 25.5. The summed E-state index contributed by atoms with van der Waals surface area (Å²) in [5, 5.41) is 1.71. The Morgan fingerprint density at radius 3 is 2.37 bits per heavy atom. The number of halogens is 3. The number of nitrogens with one attached hydrogen (secondary N) is 1. The van der Waals surface area contributed by atoms with E-state index < -0.39 is 17.7 Å². The first-order valence-corrected chi connectivity index (χ1v) is 8.54. The average Bonchev–Trinajstić information content (AvgIpc) is 3.20. The van der Waals surface area contributed by atoms with Gasteiger partial charge in [0.05, 0.1) is 22.3 Å². The topological polar surface area (TPSA) is 63.6 Å². The van der Waals surface area contributed by atoms with Gasteiger partial charge in [-0.1, -0.05) is 18.2 Å². The molecule has 0 spiro atoms. The largest absolute Gasteiger partial charge is 0.416 e. The van der Waals surface area contributed by atoms with Crippen LogP contribution in [0.4, 0.5) is 18.9 Å². The van der Waals surface area contributed by atoms with Gasteiger partial charge in [-0.2, -0.15) is 18.7 Å². The van der Waals surface area contributed by atoms with Crippen molar-refractivity contribution in [1.82, 2.24) is 10.5 Å². The lowest BCUT2D eigenvalue weighted by atomic mass is 10.1. The standard InChI is InChI=1S/C18H12F3N3O2S/c19-18(20,21)13-8-6-12(7-9-13)17(25)26-24-16(15-10-27-11-22-15)23-14-4-2-1-3-5-14/h1-11H,(H,23,24). The Kier molecular flexibility index (Phi) is 5.51. The van der Waals surface area contributed by atoms with Gasteiger partial charge in [0.15, 0.2) is 5.84 Å². The van der Waals surface area contributed by atoms with E-state index in [9.17, 15) is 18.0 Å². The van der Waals surface area contributed by atoms with Gasteiger partial charge in [0.1, 0.15) is 5.69 Å². The second-order valence-electron chi connectivity index (χ2n) is 5.24. The summed E-state index contributed by atoms with van der Waals surface area (Å²) >= 11 is 1.33. The first-order chi connectivity index (χ1) is 12.9. The third-order valence-corrected chi connectivity index (χ3v) is 3.95. The summed E-state index contributed by atoms with van der Waals surface area (Å²) in [6.45, 7) is 0. The first kappa shape index (κ1) is 18.6. The molecule has 1 aromatic heterocycles. The number of carbonyl (C=O) groups is 1. The first-order valence-electron chi connectivity index (χ1n) is 7.60. The van der Waals surface area contributed by atoms with Gasteiger partial charge < -0.3 is 4.84 Å². The van der Waals surface area contributed by atoms with Gasteiger partial charge in [-0.05, 0) is 36.4 Å². The quantitative estimate of drug-likeness (QED) is 0.403. The van der Waals surface area contributed by atoms with E-state index in [1.165, 1.54) is 11.3 Å². The molecule has 0 aliphatic heterocycles. The van der Waals surface area contributed by atoms with Crippen LogP contribution in [0.1, 0.15) is 21.6 Å². The molecular weight excluding hydrogens is 379 g/mol. The molecule has 0 aliphatic carbocycles. The number of alkyl halides is 3. The number of para-hydroxylation sites is 1. The Hall–Kier alpha value is -3.20. The van der Waals surface area contributed by atoms with Gasteiger partial charge in [0.2, 0.25) is 0 Å². The van der Waals surface area contributed by atoms with Crippen LogP contribution < -0.4 is 5.48 Å². The highest BCUT2D eigenvalue weighted by molar-refractivity contribution is 7.07. The Morgan fingerprint density at radius 1 is 1.07 bits per heavy atom. The van der Waals surface area contributed by atoms with E-state index in [1.807, 2.05) is 6.07 Å². The molecule has 0 aliphatic rings. The fourth-order valence-corrected chi connectivity index (χ4v) is 2.58. The van der Waals surface area contributed by atoms with Crippen molar-refractivity contribution in [2.24, 2.45) is 4.99 Å². The van der Waals surface area contributed by atoms with Gasteiger partial charge in [0, 0.05) is 5.38 Å². The number of benzene rings is 2. The predicted molar refractivity (Wildman–Crippen MR) is 94.7 cm³/mol. The zero-order valence-corrected chi connectivity index (χ0v) is 14.4. The van der Waals surface area contributed by atoms with Crippen molar-refractivity contribution in [3.63, 3.8) is 0 Å². The monoisotopic (exact) mass is 391 g/mol. The maximum Gasteiger partial charge on any atom is 0.416 e. The van der Waals surface area contributed by atoms with Gasteiger partial charge in [-0.15, -0.1) is 11.3 Å². The normalized spacial score (nSPS) is 11.9. The molecule has 0 unspecified atom stereocenters. The molecule has 9 heteroatoms. The molecule has 1 heterocycles. The fourth-order valence-electron chi connectivity index (χ4n) is 2.04. The summed E-state index contributed by atoms with van der Waals surface area (Å²) in [5.74, 6) is -0.651. The number of hydroxylamine groups is 1. The van der Waals surface area contributed by atoms with Crippen molar-refractivity contribution in [2.75, 3.05) is 0 Å². The van der Waals surface area contributed by atoms with Gasteiger partial charge in [-0.25, -0.2) is 14.8 Å². The zero-order valence-electron chi connectivity index (χ0n) is 13.6. The molecular formula is C18H12F3N3O2S. The van der Waals surface area contributed by atoms with Crippen LogP contribution in [0.15, 0.2) is 70.5 Å². The number of hydrogen-bond acceptors (Lipinski definition) is 5. The maximum absolute atomic E-state index is 12.6. The number of carbonyl (C=O) groups excluding carboxylic acids is 1. The Bertz CT molecular complexity index is 925. The minimum Gasteiger partial charge on any atom is -0.336 e. The van der Waals surface area contributed by atoms with Crippen LogP contribution in [0.2, 0.25) is 0 Å². The smallest absolute Gasteiger partial charge is 0.336 e. The molecule has 0 saturated heterocycles. The fraction of sp³-hybridized carbons (Fsp3) is 0.0556. The minimum absolute atomic E-state index is 0.0344. The molecule has 0 saturated carbocycles. The highest BCUT2D eigenvalue weighted by Gasteiger charge is 2.30. The van der Waals surface area contributed by atoms with Crippen LogP contribution in [0.5, 0.6) is 0 Å². The molecule has 0 atom stereocenters. The summed E-state index contributed by atoms with van der Waals surface area (Å²) in [7, 11) is 0. The molecule has 0 bridgehead atoms. The van der Waals surface area contributed by atoms with E-state index in [1.54, 1.807) is 35.2 Å². The lowest BCUT2D eigenvalue weighted by Crippen LogP contribution is -2.28. The molecule has 2 aromatic carbocycles. The van der Waals surface area contributed by atoms with Gasteiger partial charge >= 0.3 is 12.1 Å². The summed E-state index contributed by atoms with van der Waals surface area (Å²) < 4.78 is 37.8. The molecule has 0 fully saturated rings. The van der Waals surface area contributed by atoms with Gasteiger partial charge in [0.25, 0.3) is 0 Å². The minimum atomic E-state index is -4.47. The van der Waals surface area contributed by atoms with Gasteiger partial charge in [-0.3, -0.25) is 0 Å². The van der Waals surface area contributed by atoms with Crippen LogP contribution in [0, 0.1) is 0 Å². The van der Waals surface area contributed by atoms with Crippen molar-refractivity contribution < 1.29 is 22.8 Å². The highest BCUT2D eigenvalue weighted by Crippen LogP contribution is 2.29. The van der Waals surface area contributed by atoms with E-state index in [2.05, 4.69) is 15.5 Å². The summed E-state index contributed by atoms with van der Waals surface area (Å²) in [5.41, 5.74) is 4.22. The van der Waals surface area contributed by atoms with E-state index in [4.69, 9.17) is 4.84 Å². The van der Waals surface area contributed by atoms with Crippen LogP contribution in [0.3, 0.4) is 0 Å². The number of nitrogens with zero attached hydrogens (tertiary/aromatic N) is 2. The Labute approximate surface area is 156 Å². The van der Waals surface area contributed by atoms with Crippen LogP contribution in [-0.4, -0.2) is 16.8 Å². The van der Waals surface area contributed by atoms with E-state index >= 15 is 0 Å². The number of aliphatic imine (C=N–C) groups is 1. The molecule has 1 N–H and O–H groups in total. The number of thiazole rings is 1. The molecule has 3 rings (SSSR count). The van der Waals surface area contributed by atoms with Crippen LogP contribution >= 0.6 is 11.3 Å². The summed E-state index contributed by atoms with van der Waals surface area (Å²) in [6.07, 6.45) is -4.47. The number of hydrogen-bond donors (Lipinski definition) is 1. The molecule has 0 radical (unpaired) electrons. The summed E-state index contributed by atoms with van der Waals surface area (Å²) in [6, 6.07) is 12.7. The second kappa shape index (κ2) is 8.00. The van der Waals surface area contributed by atoms with Crippen molar-refractivity contribution in [3.8, 4) is 0 Å². The Morgan fingerprint density at radius 2 is 1.78 bits per heavy atom. The average molecular weight is 391 g/mol. The molecule has 3 aromatic rings. The maximum atomic E-state index is 12.6. The zero-order chi connectivity index (χ0) is 19.3. The molecule has 138 valence electrons. The van der Waals surface area contributed by atoms with Crippen LogP contribution in [0.25, 0.3) is 0 Å². The molecule has 0 amide bonds. The number of amidine groups is 1. The molecule has 27 heavy (non-hydrogen) atoms.